The van der Waals surface area contributed by atoms with Crippen LogP contribution >= 0.6 is 22.6 Å². The molecule has 1 aromatic rings. The van der Waals surface area contributed by atoms with Crippen LogP contribution in [0, 0.1) is 19.6 Å². The predicted octanol–water partition coefficient (Wildman–Crippen LogP) is 3.17. The van der Waals surface area contributed by atoms with Crippen molar-refractivity contribution in [3.05, 3.63) is 31.9 Å². The van der Waals surface area contributed by atoms with Gasteiger partial charge in [-0.1, -0.05) is 0 Å². The highest BCUT2D eigenvalue weighted by Crippen LogP contribution is 2.38. The van der Waals surface area contributed by atoms with Gasteiger partial charge in [-0.05, 0) is 79.4 Å². The van der Waals surface area contributed by atoms with Crippen LogP contribution < -0.4 is 10.2 Å². The Bertz CT molecular complexity index is 528. The molecule has 2 fully saturated rings. The first kappa shape index (κ1) is 15.0. The molecule has 0 spiro atoms. The van der Waals surface area contributed by atoms with Crippen LogP contribution in [0.3, 0.4) is 0 Å². The number of halogens is 1. The highest BCUT2D eigenvalue weighted by molar-refractivity contribution is 14.1. The zero-order valence-corrected chi connectivity index (χ0v) is 14.1. The summed E-state index contributed by atoms with van der Waals surface area (Å²) in [5.41, 5.74) is 1.06. The lowest BCUT2D eigenvalue weighted by molar-refractivity contribution is -0.384. The van der Waals surface area contributed by atoms with E-state index in [-0.39, 0.29) is 10.6 Å². The largest absolute Gasteiger partial charge is 0.363 e. The molecule has 1 saturated heterocycles. The predicted molar refractivity (Wildman–Crippen MR) is 91.8 cm³/mol. The van der Waals surface area contributed by atoms with E-state index in [4.69, 9.17) is 0 Å². The molecular formula is C15H20IN3O2. The summed E-state index contributed by atoms with van der Waals surface area (Å²) in [5, 5.41) is 14.8. The van der Waals surface area contributed by atoms with Crippen molar-refractivity contribution in [3.63, 3.8) is 0 Å². The number of nitrogens with one attached hydrogen (secondary N) is 1. The van der Waals surface area contributed by atoms with Gasteiger partial charge in [-0.3, -0.25) is 10.1 Å². The van der Waals surface area contributed by atoms with E-state index >= 15 is 0 Å². The number of nitro groups is 1. The Morgan fingerprint density at radius 2 is 2.00 bits per heavy atom. The third-order valence-electron chi connectivity index (χ3n) is 4.34. The zero-order valence-electron chi connectivity index (χ0n) is 11.9. The molecule has 1 aromatic carbocycles. The minimum Gasteiger partial charge on any atom is -0.363 e. The normalized spacial score (nSPS) is 19.5. The molecule has 5 nitrogen and oxygen atoms in total. The maximum atomic E-state index is 11.4. The molecule has 0 atom stereocenters. The molecule has 1 heterocycles. The maximum Gasteiger partial charge on any atom is 0.293 e. The van der Waals surface area contributed by atoms with E-state index in [0.717, 1.165) is 41.7 Å². The number of nitrogens with zero attached hydrogens (tertiary/aromatic N) is 2. The Morgan fingerprint density at radius 3 is 2.62 bits per heavy atom. The van der Waals surface area contributed by atoms with E-state index in [9.17, 15) is 10.1 Å². The molecule has 1 N–H and O–H groups in total. The number of benzene rings is 1. The van der Waals surface area contributed by atoms with Crippen molar-refractivity contribution in [2.24, 2.45) is 5.92 Å². The van der Waals surface area contributed by atoms with Crippen molar-refractivity contribution in [1.82, 2.24) is 5.32 Å². The fourth-order valence-electron chi connectivity index (χ4n) is 3.06. The van der Waals surface area contributed by atoms with Crippen molar-refractivity contribution in [1.29, 1.82) is 0 Å². The fourth-order valence-corrected chi connectivity index (χ4v) is 3.53. The fraction of sp³-hybridized carbons (Fsp3) is 0.600. The van der Waals surface area contributed by atoms with Crippen LogP contribution in [0.1, 0.15) is 25.7 Å². The van der Waals surface area contributed by atoms with Gasteiger partial charge in [-0.2, -0.15) is 0 Å². The van der Waals surface area contributed by atoms with Gasteiger partial charge >= 0.3 is 0 Å². The summed E-state index contributed by atoms with van der Waals surface area (Å²) in [7, 11) is 0. The standard InChI is InChI=1S/C15H20IN3O2/c16-12-1-4-14(15(9-12)19(20)21)18(13-2-3-13)10-11-5-7-17-8-6-11/h1,4,9,11,13,17H,2-3,5-8,10H2. The number of hydrogen-bond donors (Lipinski definition) is 1. The molecule has 1 aliphatic carbocycles. The molecule has 114 valence electrons. The van der Waals surface area contributed by atoms with Crippen molar-refractivity contribution in [2.45, 2.75) is 31.7 Å². The average Bonchev–Trinajstić information content (AvgIpc) is 3.31. The van der Waals surface area contributed by atoms with E-state index in [1.165, 1.54) is 12.8 Å². The summed E-state index contributed by atoms with van der Waals surface area (Å²) in [5.74, 6) is 0.644. The lowest BCUT2D eigenvalue weighted by atomic mass is 9.97. The van der Waals surface area contributed by atoms with Gasteiger partial charge in [0.05, 0.1) is 4.92 Å². The van der Waals surface area contributed by atoms with Gasteiger partial charge in [0.25, 0.3) is 5.69 Å². The number of hydrogen-bond acceptors (Lipinski definition) is 4. The van der Waals surface area contributed by atoms with Gasteiger partial charge in [0, 0.05) is 22.2 Å². The SMILES string of the molecule is O=[N+]([O-])c1cc(I)ccc1N(CC1CCNCC1)C1CC1. The summed E-state index contributed by atoms with van der Waals surface area (Å²) in [6, 6.07) is 6.09. The molecule has 0 radical (unpaired) electrons. The minimum atomic E-state index is -0.241. The quantitative estimate of drug-likeness (QED) is 0.468. The topological polar surface area (TPSA) is 58.4 Å². The summed E-state index contributed by atoms with van der Waals surface area (Å²) in [4.78, 5) is 13.4. The average molecular weight is 401 g/mol. The van der Waals surface area contributed by atoms with Crippen molar-refractivity contribution >= 4 is 34.0 Å². The second-order valence-electron chi connectivity index (χ2n) is 5.97. The third-order valence-corrected chi connectivity index (χ3v) is 5.02. The summed E-state index contributed by atoms with van der Waals surface area (Å²) >= 11 is 2.14. The second-order valence-corrected chi connectivity index (χ2v) is 7.21. The van der Waals surface area contributed by atoms with E-state index in [0.29, 0.717) is 12.0 Å². The Morgan fingerprint density at radius 1 is 1.29 bits per heavy atom. The molecule has 0 bridgehead atoms. The number of nitro benzene ring substituents is 1. The molecule has 0 aromatic heterocycles. The van der Waals surface area contributed by atoms with Gasteiger partial charge in [0.15, 0.2) is 0 Å². The van der Waals surface area contributed by atoms with Gasteiger partial charge in [0.2, 0.25) is 0 Å². The summed E-state index contributed by atoms with van der Waals surface area (Å²) < 4.78 is 0.917. The number of piperidine rings is 1. The second kappa shape index (κ2) is 6.48. The van der Waals surface area contributed by atoms with Crippen LogP contribution in [0.2, 0.25) is 0 Å². The van der Waals surface area contributed by atoms with Gasteiger partial charge in [-0.25, -0.2) is 0 Å². The highest BCUT2D eigenvalue weighted by atomic mass is 127. The monoisotopic (exact) mass is 401 g/mol. The molecule has 6 heteroatoms. The van der Waals surface area contributed by atoms with Crippen LogP contribution in [0.15, 0.2) is 18.2 Å². The summed E-state index contributed by atoms with van der Waals surface area (Å²) in [6.45, 7) is 3.09. The molecule has 1 saturated carbocycles. The highest BCUT2D eigenvalue weighted by Gasteiger charge is 2.34. The van der Waals surface area contributed by atoms with E-state index < -0.39 is 0 Å². The van der Waals surface area contributed by atoms with Gasteiger partial charge < -0.3 is 10.2 Å². The first-order valence-corrected chi connectivity index (χ1v) is 8.64. The Hall–Kier alpha value is -0.890. The van der Waals surface area contributed by atoms with Crippen LogP contribution in [0.4, 0.5) is 11.4 Å². The Kier molecular flexibility index (Phi) is 4.63. The van der Waals surface area contributed by atoms with Crippen molar-refractivity contribution < 1.29 is 4.92 Å². The molecule has 2 aliphatic rings. The van der Waals surface area contributed by atoms with Crippen molar-refractivity contribution in [3.8, 4) is 0 Å². The van der Waals surface area contributed by atoms with E-state index in [1.807, 2.05) is 12.1 Å². The van der Waals surface area contributed by atoms with E-state index in [2.05, 4.69) is 32.8 Å². The van der Waals surface area contributed by atoms with Crippen molar-refractivity contribution in [2.75, 3.05) is 24.5 Å². The van der Waals surface area contributed by atoms with Gasteiger partial charge in [-0.15, -0.1) is 0 Å². The molecule has 21 heavy (non-hydrogen) atoms. The van der Waals surface area contributed by atoms with Crippen LogP contribution in [0.5, 0.6) is 0 Å². The third kappa shape index (κ3) is 3.66. The lowest BCUT2D eigenvalue weighted by Crippen LogP contribution is -2.37. The van der Waals surface area contributed by atoms with E-state index in [1.54, 1.807) is 6.07 Å². The molecule has 3 rings (SSSR count). The first-order chi connectivity index (χ1) is 10.1. The first-order valence-electron chi connectivity index (χ1n) is 7.56. The Balaban J connectivity index is 1.85. The molecule has 0 unspecified atom stereocenters. The maximum absolute atomic E-state index is 11.4. The molecular weight excluding hydrogens is 381 g/mol. The molecule has 0 amide bonds. The Labute approximate surface area is 138 Å². The minimum absolute atomic E-state index is 0.241. The molecule has 1 aliphatic heterocycles. The smallest absolute Gasteiger partial charge is 0.293 e. The lowest BCUT2D eigenvalue weighted by Gasteiger charge is -2.31. The van der Waals surface area contributed by atoms with Gasteiger partial charge in [0.1, 0.15) is 5.69 Å². The number of anilines is 1. The zero-order chi connectivity index (χ0) is 14.8. The van der Waals surface area contributed by atoms with Crippen LogP contribution in [-0.2, 0) is 0 Å². The summed E-state index contributed by atoms with van der Waals surface area (Å²) in [6.07, 6.45) is 4.66. The van der Waals surface area contributed by atoms with Crippen LogP contribution in [0.25, 0.3) is 0 Å². The number of rotatable bonds is 5. The van der Waals surface area contributed by atoms with Crippen LogP contribution in [-0.4, -0.2) is 30.6 Å².